The number of phenols is 1. The molecular weight excluding hydrogens is 340 g/mol. The lowest BCUT2D eigenvalue weighted by Gasteiger charge is -2.13. The van der Waals surface area contributed by atoms with Crippen LogP contribution in [0.2, 0.25) is 5.02 Å². The zero-order valence-electron chi connectivity index (χ0n) is 14.3. The van der Waals surface area contributed by atoms with Crippen LogP contribution in [0.25, 0.3) is 0 Å². The van der Waals surface area contributed by atoms with Gasteiger partial charge in [-0.05, 0) is 47.4 Å². The number of aromatic hydroxyl groups is 1. The van der Waals surface area contributed by atoms with Crippen LogP contribution in [0, 0.1) is 5.92 Å². The molecule has 2 rings (SSSR count). The Morgan fingerprint density at radius 2 is 2.00 bits per heavy atom. The number of phenolic OH excluding ortho intramolecular Hbond substituents is 1. The van der Waals surface area contributed by atoms with Gasteiger partial charge in [0.2, 0.25) is 0 Å². The highest BCUT2D eigenvalue weighted by atomic mass is 35.5. The summed E-state index contributed by atoms with van der Waals surface area (Å²) >= 11 is 6.04. The number of benzene rings is 1. The molecule has 1 aromatic carbocycles. The summed E-state index contributed by atoms with van der Waals surface area (Å²) in [5.74, 6) is 0.788. The van der Waals surface area contributed by atoms with E-state index in [4.69, 9.17) is 16.0 Å². The molecule has 0 fully saturated rings. The second-order valence-electron chi connectivity index (χ2n) is 6.22. The molecule has 5 heteroatoms. The maximum Gasteiger partial charge on any atom is 0.132 e. The van der Waals surface area contributed by atoms with Gasteiger partial charge in [0.15, 0.2) is 0 Å². The van der Waals surface area contributed by atoms with Crippen molar-refractivity contribution in [3.05, 3.63) is 70.3 Å². The van der Waals surface area contributed by atoms with Gasteiger partial charge in [-0.25, -0.2) is 0 Å². The average Bonchev–Trinajstić information content (AvgIpc) is 3.08. The molecule has 1 aromatic heterocycles. The maximum absolute atomic E-state index is 10.3. The SMILES string of the molecule is CC(C)C(=C=CC[C@@H](O)c1ccc(O)cc1Cl)C[C@@H](O)c1ccco1. The summed E-state index contributed by atoms with van der Waals surface area (Å²) in [4.78, 5) is 0. The average molecular weight is 363 g/mol. The lowest BCUT2D eigenvalue weighted by Crippen LogP contribution is -2.02. The van der Waals surface area contributed by atoms with E-state index >= 15 is 0 Å². The van der Waals surface area contributed by atoms with E-state index < -0.39 is 12.2 Å². The monoisotopic (exact) mass is 362 g/mol. The number of halogens is 1. The molecule has 0 bridgehead atoms. The first-order valence-corrected chi connectivity index (χ1v) is 8.58. The summed E-state index contributed by atoms with van der Waals surface area (Å²) in [7, 11) is 0. The van der Waals surface area contributed by atoms with Crippen molar-refractivity contribution in [1.82, 2.24) is 0 Å². The summed E-state index contributed by atoms with van der Waals surface area (Å²) in [5.41, 5.74) is 4.67. The van der Waals surface area contributed by atoms with Gasteiger partial charge in [0.25, 0.3) is 0 Å². The minimum absolute atomic E-state index is 0.0606. The van der Waals surface area contributed by atoms with Gasteiger partial charge >= 0.3 is 0 Å². The fraction of sp³-hybridized carbons (Fsp3) is 0.350. The molecule has 0 aliphatic heterocycles. The summed E-state index contributed by atoms with van der Waals surface area (Å²) < 4.78 is 5.22. The molecule has 1 heterocycles. The van der Waals surface area contributed by atoms with Crippen molar-refractivity contribution in [2.24, 2.45) is 5.92 Å². The van der Waals surface area contributed by atoms with E-state index in [-0.39, 0.29) is 11.7 Å². The zero-order valence-corrected chi connectivity index (χ0v) is 15.1. The number of aliphatic hydroxyl groups excluding tert-OH is 2. The topological polar surface area (TPSA) is 73.8 Å². The lowest BCUT2D eigenvalue weighted by atomic mass is 9.96. The molecule has 2 atom stereocenters. The van der Waals surface area contributed by atoms with Crippen LogP contribution in [0.5, 0.6) is 5.75 Å². The van der Waals surface area contributed by atoms with Gasteiger partial charge in [0, 0.05) is 12.8 Å². The van der Waals surface area contributed by atoms with Crippen LogP contribution in [0.1, 0.15) is 50.2 Å². The first kappa shape index (κ1) is 19.4. The Balaban J connectivity index is 2.08. The summed E-state index contributed by atoms with van der Waals surface area (Å²) in [6.45, 7) is 4.05. The Labute approximate surface area is 152 Å². The van der Waals surface area contributed by atoms with Gasteiger partial charge in [-0.1, -0.05) is 31.5 Å². The van der Waals surface area contributed by atoms with Crippen molar-refractivity contribution >= 4 is 11.6 Å². The van der Waals surface area contributed by atoms with Gasteiger partial charge in [-0.3, -0.25) is 0 Å². The molecule has 3 N–H and O–H groups in total. The number of aliphatic hydroxyl groups is 2. The molecule has 0 amide bonds. The van der Waals surface area contributed by atoms with Crippen molar-refractivity contribution in [2.45, 2.75) is 38.9 Å². The second-order valence-corrected chi connectivity index (χ2v) is 6.63. The van der Waals surface area contributed by atoms with E-state index in [1.54, 1.807) is 24.3 Å². The molecule has 0 saturated carbocycles. The van der Waals surface area contributed by atoms with Crippen molar-refractivity contribution < 1.29 is 19.7 Å². The van der Waals surface area contributed by atoms with Crippen LogP contribution >= 0.6 is 11.6 Å². The van der Waals surface area contributed by atoms with Gasteiger partial charge in [-0.15, -0.1) is 5.73 Å². The van der Waals surface area contributed by atoms with Crippen LogP contribution in [-0.2, 0) is 0 Å². The molecule has 134 valence electrons. The fourth-order valence-corrected chi connectivity index (χ4v) is 2.77. The van der Waals surface area contributed by atoms with Crippen molar-refractivity contribution in [2.75, 3.05) is 0 Å². The van der Waals surface area contributed by atoms with Gasteiger partial charge < -0.3 is 19.7 Å². The molecule has 0 unspecified atom stereocenters. The first-order valence-electron chi connectivity index (χ1n) is 8.20. The minimum atomic E-state index is -0.788. The minimum Gasteiger partial charge on any atom is -0.508 e. The number of furan rings is 1. The zero-order chi connectivity index (χ0) is 18.4. The van der Waals surface area contributed by atoms with E-state index in [1.807, 2.05) is 13.8 Å². The molecular formula is C20H23ClO4. The lowest BCUT2D eigenvalue weighted by molar-refractivity contribution is 0.147. The quantitative estimate of drug-likeness (QED) is 0.611. The van der Waals surface area contributed by atoms with Crippen molar-refractivity contribution in [1.29, 1.82) is 0 Å². The largest absolute Gasteiger partial charge is 0.508 e. The van der Waals surface area contributed by atoms with Crippen LogP contribution in [-0.4, -0.2) is 15.3 Å². The van der Waals surface area contributed by atoms with Crippen LogP contribution in [0.3, 0.4) is 0 Å². The van der Waals surface area contributed by atoms with E-state index in [0.717, 1.165) is 5.57 Å². The molecule has 0 spiro atoms. The highest BCUT2D eigenvalue weighted by Crippen LogP contribution is 2.29. The number of rotatable bonds is 7. The van der Waals surface area contributed by atoms with E-state index in [1.165, 1.54) is 18.4 Å². The highest BCUT2D eigenvalue weighted by Gasteiger charge is 2.15. The van der Waals surface area contributed by atoms with Gasteiger partial charge in [0.1, 0.15) is 17.6 Å². The second kappa shape index (κ2) is 8.93. The molecule has 0 aliphatic rings. The third-order valence-electron chi connectivity index (χ3n) is 3.95. The van der Waals surface area contributed by atoms with Crippen molar-refractivity contribution in [3.8, 4) is 5.75 Å². The summed E-state index contributed by atoms with van der Waals surface area (Å²) in [6, 6.07) is 7.97. The molecule has 0 aliphatic carbocycles. The predicted octanol–water partition coefficient (Wildman–Crippen LogP) is 4.92. The first-order chi connectivity index (χ1) is 11.9. The standard InChI is InChI=1S/C20H23ClO4/c1-13(2)14(11-19(24)20-7-4-10-25-20)5-3-6-18(23)16-9-8-15(22)12-17(16)21/h3-4,7-10,12-13,18-19,22-24H,6,11H2,1-2H3/t5?,18-,19-/m1/s1. The Hall–Kier alpha value is -1.97. The Kier molecular flexibility index (Phi) is 6.91. The number of hydrogen-bond acceptors (Lipinski definition) is 4. The normalized spacial score (nSPS) is 13.4. The Bertz CT molecular complexity index is 743. The van der Waals surface area contributed by atoms with Gasteiger partial charge in [0.05, 0.1) is 17.4 Å². The van der Waals surface area contributed by atoms with Crippen LogP contribution < -0.4 is 0 Å². The smallest absolute Gasteiger partial charge is 0.132 e. The van der Waals surface area contributed by atoms with E-state index in [0.29, 0.717) is 29.2 Å². The van der Waals surface area contributed by atoms with Gasteiger partial charge in [-0.2, -0.15) is 0 Å². The molecule has 2 aromatic rings. The van der Waals surface area contributed by atoms with Crippen molar-refractivity contribution in [3.63, 3.8) is 0 Å². The van der Waals surface area contributed by atoms with E-state index in [9.17, 15) is 15.3 Å². The Morgan fingerprint density at radius 1 is 1.24 bits per heavy atom. The predicted molar refractivity (Wildman–Crippen MR) is 97.4 cm³/mol. The molecule has 0 saturated heterocycles. The summed E-state index contributed by atoms with van der Waals surface area (Å²) in [5, 5.41) is 30.2. The Morgan fingerprint density at radius 3 is 2.60 bits per heavy atom. The fourth-order valence-electron chi connectivity index (χ4n) is 2.47. The molecule has 25 heavy (non-hydrogen) atoms. The molecule has 4 nitrogen and oxygen atoms in total. The van der Waals surface area contributed by atoms with Crippen LogP contribution in [0.4, 0.5) is 0 Å². The third kappa shape index (κ3) is 5.52. The number of hydrogen-bond donors (Lipinski definition) is 3. The summed E-state index contributed by atoms with van der Waals surface area (Å²) in [6.07, 6.45) is 2.52. The third-order valence-corrected chi connectivity index (χ3v) is 4.28. The molecule has 0 radical (unpaired) electrons. The van der Waals surface area contributed by atoms with E-state index in [2.05, 4.69) is 5.73 Å². The maximum atomic E-state index is 10.3. The van der Waals surface area contributed by atoms with Crippen LogP contribution in [0.15, 0.2) is 58.4 Å². The highest BCUT2D eigenvalue weighted by molar-refractivity contribution is 6.31.